The standard InChI is InChI=1S/C17H14N2OS2/c20-16(13-9-12(13)11-5-2-1-3-6-11)19-17-18-14(10-22-17)15-7-4-8-21-15/h1-8,10,12-13H,9H2,(H,18,19,20). The molecule has 1 aromatic carbocycles. The second-order valence-corrected chi connectivity index (χ2v) is 7.17. The van der Waals surface area contributed by atoms with Gasteiger partial charge in [0.2, 0.25) is 5.91 Å². The van der Waals surface area contributed by atoms with Crippen LogP contribution in [0.5, 0.6) is 0 Å². The lowest BCUT2D eigenvalue weighted by atomic mass is 10.1. The fraction of sp³-hybridized carbons (Fsp3) is 0.176. The molecule has 1 N–H and O–H groups in total. The van der Waals surface area contributed by atoms with E-state index in [1.54, 1.807) is 11.3 Å². The minimum Gasteiger partial charge on any atom is -0.302 e. The first-order chi connectivity index (χ1) is 10.8. The van der Waals surface area contributed by atoms with Crippen molar-refractivity contribution in [3.8, 4) is 10.6 Å². The van der Waals surface area contributed by atoms with E-state index in [-0.39, 0.29) is 11.8 Å². The van der Waals surface area contributed by atoms with Crippen LogP contribution in [0.15, 0.2) is 53.2 Å². The predicted molar refractivity (Wildman–Crippen MR) is 91.3 cm³/mol. The molecule has 1 aliphatic rings. The van der Waals surface area contributed by atoms with E-state index in [0.717, 1.165) is 17.0 Å². The Bertz CT molecular complexity index is 780. The maximum Gasteiger partial charge on any atom is 0.229 e. The van der Waals surface area contributed by atoms with Gasteiger partial charge in [0.25, 0.3) is 0 Å². The molecule has 4 rings (SSSR count). The lowest BCUT2D eigenvalue weighted by molar-refractivity contribution is -0.117. The molecule has 1 amide bonds. The first-order valence-corrected chi connectivity index (χ1v) is 8.92. The number of anilines is 1. The molecule has 110 valence electrons. The van der Waals surface area contributed by atoms with Crippen LogP contribution in [-0.2, 0) is 4.79 Å². The zero-order chi connectivity index (χ0) is 14.9. The molecule has 3 aromatic rings. The first kappa shape index (κ1) is 13.7. The molecule has 1 fully saturated rings. The minimum absolute atomic E-state index is 0.0801. The molecule has 1 aliphatic carbocycles. The fourth-order valence-electron chi connectivity index (χ4n) is 2.62. The van der Waals surface area contributed by atoms with E-state index in [2.05, 4.69) is 22.4 Å². The molecule has 22 heavy (non-hydrogen) atoms. The molecule has 0 aliphatic heterocycles. The van der Waals surface area contributed by atoms with Gasteiger partial charge in [-0.3, -0.25) is 4.79 Å². The van der Waals surface area contributed by atoms with E-state index in [0.29, 0.717) is 11.0 Å². The van der Waals surface area contributed by atoms with Gasteiger partial charge in [-0.15, -0.1) is 22.7 Å². The van der Waals surface area contributed by atoms with Crippen molar-refractivity contribution in [2.45, 2.75) is 12.3 Å². The molecule has 0 spiro atoms. The Hall–Kier alpha value is -1.98. The second kappa shape index (κ2) is 5.66. The van der Waals surface area contributed by atoms with Gasteiger partial charge in [0.05, 0.1) is 10.6 Å². The highest BCUT2D eigenvalue weighted by Crippen LogP contribution is 2.48. The summed E-state index contributed by atoms with van der Waals surface area (Å²) in [5.41, 5.74) is 2.19. The molecule has 2 aromatic heterocycles. The minimum atomic E-state index is 0.0801. The van der Waals surface area contributed by atoms with Crippen LogP contribution in [0, 0.1) is 5.92 Å². The highest BCUT2D eigenvalue weighted by Gasteiger charge is 2.44. The lowest BCUT2D eigenvalue weighted by Crippen LogP contribution is -2.14. The number of carbonyl (C=O) groups is 1. The topological polar surface area (TPSA) is 42.0 Å². The summed E-state index contributed by atoms with van der Waals surface area (Å²) in [6, 6.07) is 14.3. The summed E-state index contributed by atoms with van der Waals surface area (Å²) in [6.45, 7) is 0. The number of hydrogen-bond donors (Lipinski definition) is 1. The van der Waals surface area contributed by atoms with Crippen molar-refractivity contribution >= 4 is 33.7 Å². The quantitative estimate of drug-likeness (QED) is 0.760. The Kier molecular flexibility index (Phi) is 3.52. The Morgan fingerprint density at radius 1 is 1.14 bits per heavy atom. The SMILES string of the molecule is O=C(Nc1nc(-c2cccs2)cs1)C1CC1c1ccccc1. The molecule has 2 heterocycles. The largest absolute Gasteiger partial charge is 0.302 e. The summed E-state index contributed by atoms with van der Waals surface area (Å²) >= 11 is 3.14. The monoisotopic (exact) mass is 326 g/mol. The number of hydrogen-bond acceptors (Lipinski definition) is 4. The van der Waals surface area contributed by atoms with Crippen molar-refractivity contribution in [3.05, 3.63) is 58.8 Å². The Labute approximate surface area is 136 Å². The van der Waals surface area contributed by atoms with Crippen LogP contribution in [0.2, 0.25) is 0 Å². The van der Waals surface area contributed by atoms with Gasteiger partial charge in [0.15, 0.2) is 5.13 Å². The number of carbonyl (C=O) groups excluding carboxylic acids is 1. The normalized spacial score (nSPS) is 19.8. The summed E-state index contributed by atoms with van der Waals surface area (Å²) in [7, 11) is 0. The molecule has 0 radical (unpaired) electrons. The van der Waals surface area contributed by atoms with Crippen molar-refractivity contribution in [2.75, 3.05) is 5.32 Å². The van der Waals surface area contributed by atoms with E-state index >= 15 is 0 Å². The summed E-state index contributed by atoms with van der Waals surface area (Å²) in [4.78, 5) is 17.9. The molecular weight excluding hydrogens is 312 g/mol. The number of aromatic nitrogens is 1. The van der Waals surface area contributed by atoms with Crippen molar-refractivity contribution in [2.24, 2.45) is 5.92 Å². The van der Waals surface area contributed by atoms with Gasteiger partial charge in [-0.1, -0.05) is 36.4 Å². The second-order valence-electron chi connectivity index (χ2n) is 5.36. The highest BCUT2D eigenvalue weighted by molar-refractivity contribution is 7.16. The summed E-state index contributed by atoms with van der Waals surface area (Å²) in [6.07, 6.45) is 0.930. The molecule has 2 unspecified atom stereocenters. The Morgan fingerprint density at radius 3 is 2.77 bits per heavy atom. The third-order valence-corrected chi connectivity index (χ3v) is 5.51. The van der Waals surface area contributed by atoms with Gasteiger partial charge in [0.1, 0.15) is 0 Å². The van der Waals surface area contributed by atoms with Crippen LogP contribution in [0.25, 0.3) is 10.6 Å². The smallest absolute Gasteiger partial charge is 0.229 e. The maximum atomic E-state index is 12.3. The molecule has 2 atom stereocenters. The molecule has 0 saturated heterocycles. The number of amides is 1. The number of nitrogens with zero attached hydrogens (tertiary/aromatic N) is 1. The van der Waals surface area contributed by atoms with E-state index < -0.39 is 0 Å². The van der Waals surface area contributed by atoms with Gasteiger partial charge in [0, 0.05) is 11.3 Å². The van der Waals surface area contributed by atoms with Crippen LogP contribution < -0.4 is 5.32 Å². The molecular formula is C17H14N2OS2. The Morgan fingerprint density at radius 2 is 2.00 bits per heavy atom. The molecule has 3 nitrogen and oxygen atoms in total. The summed E-state index contributed by atoms with van der Waals surface area (Å²) < 4.78 is 0. The van der Waals surface area contributed by atoms with E-state index in [9.17, 15) is 4.79 Å². The van der Waals surface area contributed by atoms with Crippen LogP contribution in [0.1, 0.15) is 17.9 Å². The average molecular weight is 326 g/mol. The lowest BCUT2D eigenvalue weighted by Gasteiger charge is -2.01. The zero-order valence-electron chi connectivity index (χ0n) is 11.7. The molecule has 0 bridgehead atoms. The number of thiophene rings is 1. The molecule has 5 heteroatoms. The van der Waals surface area contributed by atoms with Crippen LogP contribution >= 0.6 is 22.7 Å². The average Bonchev–Trinajstić information content (AvgIpc) is 2.95. The van der Waals surface area contributed by atoms with Crippen molar-refractivity contribution in [1.29, 1.82) is 0 Å². The Balaban J connectivity index is 1.41. The van der Waals surface area contributed by atoms with Gasteiger partial charge in [-0.05, 0) is 29.3 Å². The number of nitrogens with one attached hydrogen (secondary N) is 1. The van der Waals surface area contributed by atoms with Crippen molar-refractivity contribution in [3.63, 3.8) is 0 Å². The third kappa shape index (κ3) is 2.69. The van der Waals surface area contributed by atoms with Crippen LogP contribution in [0.3, 0.4) is 0 Å². The first-order valence-electron chi connectivity index (χ1n) is 7.16. The van der Waals surface area contributed by atoms with Gasteiger partial charge in [-0.25, -0.2) is 4.98 Å². The number of benzene rings is 1. The maximum absolute atomic E-state index is 12.3. The van der Waals surface area contributed by atoms with Gasteiger partial charge < -0.3 is 5.32 Å². The predicted octanol–water partition coefficient (Wildman–Crippen LogP) is 4.61. The van der Waals surface area contributed by atoms with E-state index in [1.165, 1.54) is 16.9 Å². The number of rotatable bonds is 4. The highest BCUT2D eigenvalue weighted by atomic mass is 32.1. The van der Waals surface area contributed by atoms with Crippen LogP contribution in [-0.4, -0.2) is 10.9 Å². The van der Waals surface area contributed by atoms with E-state index in [1.807, 2.05) is 41.1 Å². The summed E-state index contributed by atoms with van der Waals surface area (Å²) in [5, 5.41) is 7.66. The third-order valence-electron chi connectivity index (χ3n) is 3.86. The number of thiazole rings is 1. The zero-order valence-corrected chi connectivity index (χ0v) is 13.4. The van der Waals surface area contributed by atoms with Gasteiger partial charge in [-0.2, -0.15) is 0 Å². The van der Waals surface area contributed by atoms with Gasteiger partial charge >= 0.3 is 0 Å². The van der Waals surface area contributed by atoms with E-state index in [4.69, 9.17) is 0 Å². The van der Waals surface area contributed by atoms with Crippen molar-refractivity contribution in [1.82, 2.24) is 4.98 Å². The fourth-order valence-corrected chi connectivity index (χ4v) is 4.09. The molecule has 1 saturated carbocycles. The van der Waals surface area contributed by atoms with Crippen molar-refractivity contribution < 1.29 is 4.79 Å². The van der Waals surface area contributed by atoms with Crippen LogP contribution in [0.4, 0.5) is 5.13 Å². The summed E-state index contributed by atoms with van der Waals surface area (Å²) in [5.74, 6) is 0.523.